The van der Waals surface area contributed by atoms with Gasteiger partial charge in [0, 0.05) is 12.3 Å². The van der Waals surface area contributed by atoms with E-state index in [1.165, 1.54) is 51.4 Å². The molecule has 4 aliphatic carbocycles. The topological polar surface area (TPSA) is 43.4 Å². The van der Waals surface area contributed by atoms with E-state index >= 15 is 0 Å². The van der Waals surface area contributed by atoms with Crippen molar-refractivity contribution in [1.82, 2.24) is 0 Å². The number of Topliss-reactive ketones (excluding diaryl/α,β-unsaturated/α-hetero) is 1. The molecule has 0 aromatic heterocycles. The fraction of sp³-hybridized carbons (Fsp3) is 0.879. The fourth-order valence-corrected chi connectivity index (χ4v) is 9.33. The third-order valence-corrected chi connectivity index (χ3v) is 11.5. The lowest BCUT2D eigenvalue weighted by Crippen LogP contribution is -2.51. The quantitative estimate of drug-likeness (QED) is 0.182. The fourth-order valence-electron chi connectivity index (χ4n) is 9.33. The van der Waals surface area contributed by atoms with E-state index in [-0.39, 0.29) is 35.6 Å². The van der Waals surface area contributed by atoms with Crippen molar-refractivity contribution >= 4 is 11.8 Å². The van der Waals surface area contributed by atoms with Crippen LogP contribution in [0.3, 0.4) is 0 Å². The minimum atomic E-state index is -0.329. The Morgan fingerprint density at radius 3 is 2.42 bits per heavy atom. The molecule has 3 fully saturated rings. The highest BCUT2D eigenvalue weighted by Crippen LogP contribution is 2.67. The van der Waals surface area contributed by atoms with E-state index < -0.39 is 0 Å². The maximum Gasteiger partial charge on any atom is 0.313 e. The monoisotopic (exact) mass is 498 g/mol. The third-order valence-electron chi connectivity index (χ3n) is 11.5. The lowest BCUT2D eigenvalue weighted by atomic mass is 9.47. The highest BCUT2D eigenvalue weighted by molar-refractivity contribution is 5.96. The Bertz CT molecular complexity index is 840. The molecule has 3 saturated carbocycles. The second-order valence-corrected chi connectivity index (χ2v) is 14.4. The van der Waals surface area contributed by atoms with E-state index in [4.69, 9.17) is 4.74 Å². The van der Waals surface area contributed by atoms with E-state index in [1.807, 2.05) is 13.8 Å². The molecule has 204 valence electrons. The lowest BCUT2D eigenvalue weighted by Gasteiger charge is -2.58. The van der Waals surface area contributed by atoms with Gasteiger partial charge in [-0.2, -0.15) is 0 Å². The van der Waals surface area contributed by atoms with Gasteiger partial charge in [-0.25, -0.2) is 0 Å². The van der Waals surface area contributed by atoms with Gasteiger partial charge in [0.05, 0.1) is 0 Å². The zero-order valence-electron chi connectivity index (χ0n) is 24.4. The van der Waals surface area contributed by atoms with Crippen molar-refractivity contribution in [2.24, 2.45) is 52.3 Å². The average Bonchev–Trinajstić information content (AvgIpc) is 3.16. The van der Waals surface area contributed by atoms with Crippen molar-refractivity contribution in [2.45, 2.75) is 132 Å². The van der Waals surface area contributed by atoms with E-state index in [9.17, 15) is 9.59 Å². The second kappa shape index (κ2) is 10.9. The smallest absolute Gasteiger partial charge is 0.313 e. The van der Waals surface area contributed by atoms with Gasteiger partial charge < -0.3 is 4.74 Å². The molecule has 0 heterocycles. The van der Waals surface area contributed by atoms with Gasteiger partial charge in [0.1, 0.15) is 18.3 Å². The minimum Gasteiger partial charge on any atom is -0.462 e. The van der Waals surface area contributed by atoms with E-state index in [0.717, 1.165) is 54.8 Å². The largest absolute Gasteiger partial charge is 0.462 e. The predicted molar refractivity (Wildman–Crippen MR) is 147 cm³/mol. The van der Waals surface area contributed by atoms with Crippen LogP contribution in [0.1, 0.15) is 126 Å². The van der Waals surface area contributed by atoms with Crippen LogP contribution in [0.5, 0.6) is 0 Å². The number of fused-ring (bicyclic) bond motifs is 5. The number of allylic oxidation sites excluding steroid dienone is 1. The van der Waals surface area contributed by atoms with Gasteiger partial charge in [0.15, 0.2) is 0 Å². The van der Waals surface area contributed by atoms with Crippen molar-refractivity contribution in [3.05, 3.63) is 11.6 Å². The van der Waals surface area contributed by atoms with Crippen LogP contribution in [0.2, 0.25) is 0 Å². The van der Waals surface area contributed by atoms with Crippen LogP contribution in [-0.4, -0.2) is 17.9 Å². The standard InChI is InChI=1S/C33H54O3/c1-21(2)9-8-10-23(5)27-13-14-28-26-12-11-24-19-25(36-31(35)20-30(34)22(3)4)15-17-32(24,6)29(26)16-18-33(27,28)7/h11,21-23,25-29H,8-10,12-20H2,1-7H3. The SMILES string of the molecule is CC(C)CCCC(C)C1CCC2C3CC=C4CC(OC(=O)CC(=O)C(C)C)CCC4(C)C3CCC12C. The molecule has 36 heavy (non-hydrogen) atoms. The summed E-state index contributed by atoms with van der Waals surface area (Å²) in [6.45, 7) is 16.2. The summed E-state index contributed by atoms with van der Waals surface area (Å²) in [5.41, 5.74) is 2.33. The zero-order valence-corrected chi connectivity index (χ0v) is 24.4. The highest BCUT2D eigenvalue weighted by Gasteiger charge is 2.59. The van der Waals surface area contributed by atoms with Crippen molar-refractivity contribution in [3.63, 3.8) is 0 Å². The average molecular weight is 499 g/mol. The Labute approximate surface area is 221 Å². The van der Waals surface area contributed by atoms with Crippen LogP contribution in [-0.2, 0) is 14.3 Å². The molecule has 0 aromatic carbocycles. The van der Waals surface area contributed by atoms with Crippen LogP contribution < -0.4 is 0 Å². The molecule has 3 heteroatoms. The minimum absolute atomic E-state index is 0.0188. The highest BCUT2D eigenvalue weighted by atomic mass is 16.5. The number of hydrogen-bond donors (Lipinski definition) is 0. The van der Waals surface area contributed by atoms with Gasteiger partial charge in [-0.1, -0.05) is 79.4 Å². The first-order chi connectivity index (χ1) is 17.0. The molecular formula is C33H54O3. The molecule has 0 spiro atoms. The van der Waals surface area contributed by atoms with Gasteiger partial charge in [0.25, 0.3) is 0 Å². The van der Waals surface area contributed by atoms with Crippen molar-refractivity contribution in [2.75, 3.05) is 0 Å². The van der Waals surface area contributed by atoms with Gasteiger partial charge in [-0.05, 0) is 91.3 Å². The number of rotatable bonds is 9. The summed E-state index contributed by atoms with van der Waals surface area (Å²) < 4.78 is 5.81. The molecule has 0 aliphatic heterocycles. The number of carbonyl (C=O) groups excluding carboxylic acids is 2. The lowest BCUT2D eigenvalue weighted by molar-refractivity contribution is -0.153. The Hall–Kier alpha value is -1.12. The van der Waals surface area contributed by atoms with Crippen molar-refractivity contribution in [3.8, 4) is 0 Å². The van der Waals surface area contributed by atoms with E-state index in [2.05, 4.69) is 40.7 Å². The van der Waals surface area contributed by atoms with Crippen LogP contribution >= 0.6 is 0 Å². The maximum absolute atomic E-state index is 12.4. The summed E-state index contributed by atoms with van der Waals surface area (Å²) in [7, 11) is 0. The summed E-state index contributed by atoms with van der Waals surface area (Å²) in [6, 6.07) is 0. The summed E-state index contributed by atoms with van der Waals surface area (Å²) in [4.78, 5) is 24.4. The normalized spacial score (nSPS) is 38.7. The van der Waals surface area contributed by atoms with E-state index in [1.54, 1.807) is 5.57 Å². The van der Waals surface area contributed by atoms with Gasteiger partial charge in [-0.3, -0.25) is 9.59 Å². The molecule has 0 N–H and O–H groups in total. The zero-order chi connectivity index (χ0) is 26.3. The molecule has 8 unspecified atom stereocenters. The number of esters is 1. The van der Waals surface area contributed by atoms with Crippen molar-refractivity contribution in [1.29, 1.82) is 0 Å². The molecular weight excluding hydrogens is 444 g/mol. The first kappa shape index (κ1) is 27.9. The predicted octanol–water partition coefficient (Wildman–Crippen LogP) is 8.55. The molecule has 3 nitrogen and oxygen atoms in total. The molecule has 8 atom stereocenters. The Morgan fingerprint density at radius 1 is 0.972 bits per heavy atom. The first-order valence-corrected chi connectivity index (χ1v) is 15.4. The number of hydrogen-bond acceptors (Lipinski definition) is 3. The summed E-state index contributed by atoms with van der Waals surface area (Å²) >= 11 is 0. The molecule has 0 aromatic rings. The Kier molecular flexibility index (Phi) is 8.47. The number of ether oxygens (including phenoxy) is 1. The summed E-state index contributed by atoms with van der Waals surface area (Å²) in [5.74, 6) is 4.61. The van der Waals surface area contributed by atoms with Crippen LogP contribution in [0.4, 0.5) is 0 Å². The van der Waals surface area contributed by atoms with E-state index in [0.29, 0.717) is 5.41 Å². The van der Waals surface area contributed by atoms with Gasteiger partial charge >= 0.3 is 5.97 Å². The second-order valence-electron chi connectivity index (χ2n) is 14.4. The van der Waals surface area contributed by atoms with Crippen LogP contribution in [0.25, 0.3) is 0 Å². The first-order valence-electron chi connectivity index (χ1n) is 15.4. The Balaban J connectivity index is 1.40. The number of ketones is 1. The third kappa shape index (κ3) is 5.37. The molecule has 0 bridgehead atoms. The van der Waals surface area contributed by atoms with Crippen molar-refractivity contribution < 1.29 is 14.3 Å². The van der Waals surface area contributed by atoms with Crippen LogP contribution in [0.15, 0.2) is 11.6 Å². The van der Waals surface area contributed by atoms with Gasteiger partial charge in [0.2, 0.25) is 0 Å². The number of carbonyl (C=O) groups is 2. The molecule has 0 saturated heterocycles. The Morgan fingerprint density at radius 2 is 1.72 bits per heavy atom. The summed E-state index contributed by atoms with van der Waals surface area (Å²) in [6.07, 6.45) is 16.4. The molecule has 4 rings (SSSR count). The maximum atomic E-state index is 12.4. The molecule has 4 aliphatic rings. The van der Waals surface area contributed by atoms with Crippen LogP contribution in [0, 0.1) is 52.3 Å². The summed E-state index contributed by atoms with van der Waals surface area (Å²) in [5, 5.41) is 0. The van der Waals surface area contributed by atoms with Gasteiger partial charge in [-0.15, -0.1) is 0 Å². The molecule has 0 amide bonds. The molecule has 0 radical (unpaired) electrons.